The Kier molecular flexibility index (Phi) is 3.47. The summed E-state index contributed by atoms with van der Waals surface area (Å²) >= 11 is 5.54. The number of benzene rings is 2. The highest BCUT2D eigenvalue weighted by atomic mass is 32.1. The first-order valence-electron chi connectivity index (χ1n) is 5.50. The van der Waals surface area contributed by atoms with Crippen LogP contribution >= 0.6 is 12.2 Å². The third-order valence-corrected chi connectivity index (χ3v) is 3.13. The Morgan fingerprint density at radius 2 is 1.56 bits per heavy atom. The summed E-state index contributed by atoms with van der Waals surface area (Å²) in [5, 5.41) is 0. The molecule has 0 saturated carbocycles. The predicted molar refractivity (Wildman–Crippen MR) is 73.1 cm³/mol. The van der Waals surface area contributed by atoms with Crippen LogP contribution in [0, 0.1) is 0 Å². The number of hydrogen-bond acceptors (Lipinski definition) is 1. The Hall–Kier alpha value is -1.47. The molecule has 0 spiro atoms. The number of thiocarbonyl (C=S) groups is 1. The van der Waals surface area contributed by atoms with Crippen molar-refractivity contribution in [2.45, 2.75) is 13.3 Å². The molecule has 2 rings (SSSR count). The summed E-state index contributed by atoms with van der Waals surface area (Å²) in [5.74, 6) is 0. The largest absolute Gasteiger partial charge is 0.0788 e. The standard InChI is InChI=1S/C15H14S/c1-2-12-8-6-7-11-14(12)15(16)13-9-4-3-5-10-13/h3-11H,2H2,1H3. The van der Waals surface area contributed by atoms with E-state index < -0.39 is 0 Å². The van der Waals surface area contributed by atoms with E-state index in [9.17, 15) is 0 Å². The third-order valence-electron chi connectivity index (χ3n) is 2.68. The van der Waals surface area contributed by atoms with Gasteiger partial charge in [0, 0.05) is 0 Å². The summed E-state index contributed by atoms with van der Waals surface area (Å²) in [4.78, 5) is 0.943. The molecule has 0 aromatic heterocycles. The zero-order valence-electron chi connectivity index (χ0n) is 9.31. The lowest BCUT2D eigenvalue weighted by Crippen LogP contribution is -2.03. The monoisotopic (exact) mass is 226 g/mol. The van der Waals surface area contributed by atoms with Gasteiger partial charge >= 0.3 is 0 Å². The van der Waals surface area contributed by atoms with E-state index in [1.807, 2.05) is 24.3 Å². The molecule has 0 N–H and O–H groups in total. The first-order chi connectivity index (χ1) is 7.83. The van der Waals surface area contributed by atoms with Crippen molar-refractivity contribution in [3.05, 3.63) is 71.3 Å². The molecule has 0 bridgehead atoms. The molecule has 0 saturated heterocycles. The molecule has 0 aliphatic rings. The summed E-state index contributed by atoms with van der Waals surface area (Å²) in [6, 6.07) is 18.5. The van der Waals surface area contributed by atoms with Gasteiger partial charge in [0.05, 0.1) is 4.86 Å². The van der Waals surface area contributed by atoms with Gasteiger partial charge in [-0.15, -0.1) is 0 Å². The van der Waals surface area contributed by atoms with E-state index in [2.05, 4.69) is 37.3 Å². The van der Waals surface area contributed by atoms with Gasteiger partial charge in [0.15, 0.2) is 0 Å². The molecule has 16 heavy (non-hydrogen) atoms. The van der Waals surface area contributed by atoms with Crippen molar-refractivity contribution in [2.24, 2.45) is 0 Å². The molecule has 2 aromatic rings. The van der Waals surface area contributed by atoms with Gasteiger partial charge in [0.25, 0.3) is 0 Å². The fourth-order valence-electron chi connectivity index (χ4n) is 1.80. The van der Waals surface area contributed by atoms with E-state index in [0.717, 1.165) is 16.8 Å². The predicted octanol–water partition coefficient (Wildman–Crippen LogP) is 4.02. The summed E-state index contributed by atoms with van der Waals surface area (Å²) in [5.41, 5.74) is 3.63. The van der Waals surface area contributed by atoms with Crippen molar-refractivity contribution in [1.82, 2.24) is 0 Å². The van der Waals surface area contributed by atoms with Crippen LogP contribution < -0.4 is 0 Å². The van der Waals surface area contributed by atoms with Crippen LogP contribution in [-0.4, -0.2) is 4.86 Å². The summed E-state index contributed by atoms with van der Waals surface area (Å²) in [7, 11) is 0. The molecule has 1 heteroatoms. The maximum absolute atomic E-state index is 5.54. The molecule has 0 heterocycles. The van der Waals surface area contributed by atoms with Crippen LogP contribution in [0.5, 0.6) is 0 Å². The van der Waals surface area contributed by atoms with Gasteiger partial charge in [0.2, 0.25) is 0 Å². The van der Waals surface area contributed by atoms with Crippen molar-refractivity contribution in [1.29, 1.82) is 0 Å². The average Bonchev–Trinajstić information content (AvgIpc) is 2.39. The molecule has 80 valence electrons. The smallest absolute Gasteiger partial charge is 0.0524 e. The van der Waals surface area contributed by atoms with E-state index in [-0.39, 0.29) is 0 Å². The van der Waals surface area contributed by atoms with Gasteiger partial charge in [-0.1, -0.05) is 73.7 Å². The lowest BCUT2D eigenvalue weighted by atomic mass is 9.98. The molecule has 0 radical (unpaired) electrons. The number of rotatable bonds is 3. The van der Waals surface area contributed by atoms with Crippen LogP contribution in [-0.2, 0) is 6.42 Å². The van der Waals surface area contributed by atoms with Gasteiger partial charge in [-0.25, -0.2) is 0 Å². The lowest BCUT2D eigenvalue weighted by Gasteiger charge is -2.09. The fraction of sp³-hybridized carbons (Fsp3) is 0.133. The molecule has 2 aromatic carbocycles. The number of hydrogen-bond donors (Lipinski definition) is 0. The van der Waals surface area contributed by atoms with Gasteiger partial charge in [-0.2, -0.15) is 0 Å². The third kappa shape index (κ3) is 2.20. The molecular formula is C15H14S. The van der Waals surface area contributed by atoms with Crippen molar-refractivity contribution < 1.29 is 0 Å². The van der Waals surface area contributed by atoms with Gasteiger partial charge in [-0.3, -0.25) is 0 Å². The second-order valence-electron chi connectivity index (χ2n) is 3.71. The highest BCUT2D eigenvalue weighted by molar-refractivity contribution is 7.81. The van der Waals surface area contributed by atoms with Crippen LogP contribution in [0.25, 0.3) is 0 Å². The molecule has 0 fully saturated rings. The molecule has 0 aliphatic heterocycles. The highest BCUT2D eigenvalue weighted by Gasteiger charge is 2.07. The topological polar surface area (TPSA) is 0 Å². The second kappa shape index (κ2) is 5.04. The molecule has 0 nitrogen and oxygen atoms in total. The molecule has 0 amide bonds. The van der Waals surface area contributed by atoms with Crippen molar-refractivity contribution >= 4 is 17.1 Å². The van der Waals surface area contributed by atoms with Crippen LogP contribution in [0.3, 0.4) is 0 Å². The normalized spacial score (nSPS) is 10.1. The summed E-state index contributed by atoms with van der Waals surface area (Å²) < 4.78 is 0. The molecule has 0 unspecified atom stereocenters. The quantitative estimate of drug-likeness (QED) is 0.563. The summed E-state index contributed by atoms with van der Waals surface area (Å²) in [6.07, 6.45) is 1.02. The first-order valence-corrected chi connectivity index (χ1v) is 5.91. The zero-order valence-corrected chi connectivity index (χ0v) is 10.1. The summed E-state index contributed by atoms with van der Waals surface area (Å²) in [6.45, 7) is 2.16. The Morgan fingerprint density at radius 1 is 0.938 bits per heavy atom. The Labute approximate surface area is 102 Å². The Balaban J connectivity index is 2.42. The van der Waals surface area contributed by atoms with Gasteiger partial charge in [-0.05, 0) is 23.1 Å². The number of aryl methyl sites for hydroxylation is 1. The maximum atomic E-state index is 5.54. The minimum Gasteiger partial charge on any atom is -0.0788 e. The molecule has 0 aliphatic carbocycles. The fourth-order valence-corrected chi connectivity index (χ4v) is 2.13. The van der Waals surface area contributed by atoms with Crippen molar-refractivity contribution in [3.63, 3.8) is 0 Å². The van der Waals surface area contributed by atoms with Crippen LogP contribution in [0.1, 0.15) is 23.6 Å². The van der Waals surface area contributed by atoms with E-state index in [1.54, 1.807) is 0 Å². The minimum atomic E-state index is 0.943. The molecular weight excluding hydrogens is 212 g/mol. The van der Waals surface area contributed by atoms with Crippen molar-refractivity contribution in [2.75, 3.05) is 0 Å². The van der Waals surface area contributed by atoms with E-state index in [1.165, 1.54) is 11.1 Å². The zero-order chi connectivity index (χ0) is 11.4. The lowest BCUT2D eigenvalue weighted by molar-refractivity contribution is 1.13. The van der Waals surface area contributed by atoms with Crippen molar-refractivity contribution in [3.8, 4) is 0 Å². The van der Waals surface area contributed by atoms with Crippen LogP contribution in [0.4, 0.5) is 0 Å². The Morgan fingerprint density at radius 3 is 2.25 bits per heavy atom. The second-order valence-corrected chi connectivity index (χ2v) is 4.11. The minimum absolute atomic E-state index is 0.943. The van der Waals surface area contributed by atoms with Crippen LogP contribution in [0.2, 0.25) is 0 Å². The van der Waals surface area contributed by atoms with Gasteiger partial charge in [0.1, 0.15) is 0 Å². The average molecular weight is 226 g/mol. The Bertz CT molecular complexity index is 486. The SMILES string of the molecule is CCc1ccccc1C(=S)c1ccccc1. The highest BCUT2D eigenvalue weighted by Crippen LogP contribution is 2.16. The maximum Gasteiger partial charge on any atom is 0.0524 e. The van der Waals surface area contributed by atoms with E-state index in [4.69, 9.17) is 12.2 Å². The first kappa shape index (κ1) is 11.0. The molecule has 0 atom stereocenters. The van der Waals surface area contributed by atoms with E-state index >= 15 is 0 Å². The van der Waals surface area contributed by atoms with Gasteiger partial charge < -0.3 is 0 Å². The van der Waals surface area contributed by atoms with E-state index in [0.29, 0.717) is 0 Å². The van der Waals surface area contributed by atoms with Crippen LogP contribution in [0.15, 0.2) is 54.6 Å².